The van der Waals surface area contributed by atoms with E-state index in [4.69, 9.17) is 0 Å². The van der Waals surface area contributed by atoms with Gasteiger partial charge in [-0.2, -0.15) is 0 Å². The third-order valence-corrected chi connectivity index (χ3v) is 4.47. The van der Waals surface area contributed by atoms with E-state index in [9.17, 15) is 8.42 Å². The lowest BCUT2D eigenvalue weighted by Crippen LogP contribution is -2.09. The first-order chi connectivity index (χ1) is 10.4. The van der Waals surface area contributed by atoms with Gasteiger partial charge in [-0.1, -0.05) is 0 Å². The number of sulfonamides is 1. The molecule has 0 radical (unpaired) electrons. The third-order valence-electron chi connectivity index (χ3n) is 2.90. The fourth-order valence-electron chi connectivity index (χ4n) is 2.05. The lowest BCUT2D eigenvalue weighted by molar-refractivity contribution is 0.607. The Bertz CT molecular complexity index is 918. The van der Waals surface area contributed by atoms with E-state index in [1.165, 1.54) is 11.2 Å². The van der Waals surface area contributed by atoms with Crippen LogP contribution in [0.5, 0.6) is 0 Å². The second-order valence-electron chi connectivity index (χ2n) is 4.87. The molecule has 0 spiro atoms. The number of benzene rings is 1. The first kappa shape index (κ1) is 14.7. The van der Waals surface area contributed by atoms with Crippen molar-refractivity contribution in [3.63, 3.8) is 0 Å². The van der Waals surface area contributed by atoms with Crippen molar-refractivity contribution in [2.75, 3.05) is 16.3 Å². The first-order valence-corrected chi connectivity index (χ1v) is 9.17. The topological polar surface area (TPSA) is 84.0 Å². The molecule has 0 amide bonds. The summed E-state index contributed by atoms with van der Waals surface area (Å²) < 4.78 is 24.8. The molecule has 0 unspecified atom stereocenters. The Kier molecular flexibility index (Phi) is 3.71. The summed E-state index contributed by atoms with van der Waals surface area (Å²) in [6, 6.07) is 9.02. The minimum Gasteiger partial charge on any atom is -0.340 e. The zero-order valence-corrected chi connectivity index (χ0v) is 13.6. The van der Waals surface area contributed by atoms with E-state index in [0.717, 1.165) is 28.0 Å². The molecule has 114 valence electrons. The molecule has 0 bridgehead atoms. The van der Waals surface area contributed by atoms with Gasteiger partial charge in [0.2, 0.25) is 10.0 Å². The Morgan fingerprint density at radius 1 is 1.09 bits per heavy atom. The smallest absolute Gasteiger partial charge is 0.229 e. The van der Waals surface area contributed by atoms with Crippen LogP contribution in [0.4, 0.5) is 17.2 Å². The Morgan fingerprint density at radius 3 is 2.45 bits per heavy atom. The minimum absolute atomic E-state index is 0.521. The van der Waals surface area contributed by atoms with Crippen LogP contribution in [0.1, 0.15) is 4.88 Å². The number of aromatic nitrogens is 2. The van der Waals surface area contributed by atoms with Crippen LogP contribution in [0, 0.1) is 6.92 Å². The zero-order valence-electron chi connectivity index (χ0n) is 12.0. The van der Waals surface area contributed by atoms with Crippen LogP contribution in [0.3, 0.4) is 0 Å². The normalized spacial score (nSPS) is 11.5. The van der Waals surface area contributed by atoms with Crippen molar-refractivity contribution < 1.29 is 8.42 Å². The summed E-state index contributed by atoms with van der Waals surface area (Å²) in [5.41, 5.74) is 1.34. The molecule has 0 aliphatic carbocycles. The predicted octanol–water partition coefficient (Wildman–Crippen LogP) is 3.11. The lowest BCUT2D eigenvalue weighted by atomic mass is 10.2. The average molecular weight is 334 g/mol. The standard InChI is InChI=1S/C14H14N4O2S2/c1-9-7-12-13(15-8-16-14(12)21-9)17-10-3-5-11(6-4-10)18-22(2,19)20/h3-8,18H,1-2H3,(H,15,16,17). The highest BCUT2D eigenvalue weighted by molar-refractivity contribution is 7.92. The number of thiophene rings is 1. The van der Waals surface area contributed by atoms with Gasteiger partial charge in [0.05, 0.1) is 11.6 Å². The highest BCUT2D eigenvalue weighted by atomic mass is 32.2. The van der Waals surface area contributed by atoms with Gasteiger partial charge in [-0.05, 0) is 37.3 Å². The molecule has 2 N–H and O–H groups in total. The van der Waals surface area contributed by atoms with Gasteiger partial charge in [-0.15, -0.1) is 11.3 Å². The van der Waals surface area contributed by atoms with Crippen molar-refractivity contribution in [2.45, 2.75) is 6.92 Å². The third kappa shape index (κ3) is 3.34. The minimum atomic E-state index is -3.26. The van der Waals surface area contributed by atoms with Gasteiger partial charge >= 0.3 is 0 Å². The van der Waals surface area contributed by atoms with Crippen LogP contribution in [-0.2, 0) is 10.0 Å². The summed E-state index contributed by atoms with van der Waals surface area (Å²) in [7, 11) is -3.26. The molecule has 0 fully saturated rings. The predicted molar refractivity (Wildman–Crippen MR) is 90.3 cm³/mol. The highest BCUT2D eigenvalue weighted by Crippen LogP contribution is 2.29. The van der Waals surface area contributed by atoms with Gasteiger partial charge in [0.15, 0.2) is 0 Å². The number of fused-ring (bicyclic) bond motifs is 1. The van der Waals surface area contributed by atoms with Gasteiger partial charge in [0.1, 0.15) is 17.0 Å². The molecule has 3 aromatic rings. The molecule has 0 atom stereocenters. The fraction of sp³-hybridized carbons (Fsp3) is 0.143. The number of anilines is 3. The van der Waals surface area contributed by atoms with Crippen LogP contribution in [0.15, 0.2) is 36.7 Å². The van der Waals surface area contributed by atoms with E-state index < -0.39 is 10.0 Å². The maximum atomic E-state index is 11.2. The maximum absolute atomic E-state index is 11.2. The van der Waals surface area contributed by atoms with E-state index in [-0.39, 0.29) is 0 Å². The van der Waals surface area contributed by atoms with Crippen LogP contribution in [-0.4, -0.2) is 24.6 Å². The molecule has 8 heteroatoms. The Morgan fingerprint density at radius 2 is 1.77 bits per heavy atom. The van der Waals surface area contributed by atoms with Crippen molar-refractivity contribution in [1.29, 1.82) is 0 Å². The molecule has 0 saturated heterocycles. The first-order valence-electron chi connectivity index (χ1n) is 6.47. The highest BCUT2D eigenvalue weighted by Gasteiger charge is 2.07. The molecule has 0 saturated carbocycles. The number of nitrogens with zero attached hydrogens (tertiary/aromatic N) is 2. The number of nitrogens with one attached hydrogen (secondary N) is 2. The van der Waals surface area contributed by atoms with Crippen LogP contribution >= 0.6 is 11.3 Å². The second-order valence-corrected chi connectivity index (χ2v) is 7.86. The maximum Gasteiger partial charge on any atom is 0.229 e. The molecule has 2 heterocycles. The zero-order chi connectivity index (χ0) is 15.7. The molecule has 6 nitrogen and oxygen atoms in total. The fourth-order valence-corrected chi connectivity index (χ4v) is 3.46. The molecule has 0 aliphatic rings. The van der Waals surface area contributed by atoms with Crippen LogP contribution in [0.25, 0.3) is 10.2 Å². The van der Waals surface area contributed by atoms with E-state index >= 15 is 0 Å². The average Bonchev–Trinajstić information content (AvgIpc) is 2.81. The summed E-state index contributed by atoms with van der Waals surface area (Å²) in [5, 5.41) is 4.20. The van der Waals surface area contributed by atoms with Crippen molar-refractivity contribution in [3.05, 3.63) is 41.5 Å². The van der Waals surface area contributed by atoms with Crippen molar-refractivity contribution in [3.8, 4) is 0 Å². The number of hydrogen-bond acceptors (Lipinski definition) is 6. The molecule has 0 aliphatic heterocycles. The number of hydrogen-bond donors (Lipinski definition) is 2. The van der Waals surface area contributed by atoms with E-state index in [1.54, 1.807) is 35.6 Å². The summed E-state index contributed by atoms with van der Waals surface area (Å²) in [6.45, 7) is 2.03. The van der Waals surface area contributed by atoms with Crippen molar-refractivity contribution >= 4 is 48.8 Å². The Hall–Kier alpha value is -2.19. The largest absolute Gasteiger partial charge is 0.340 e. The summed E-state index contributed by atoms with van der Waals surface area (Å²) in [5.74, 6) is 0.734. The molecule has 2 aromatic heterocycles. The van der Waals surface area contributed by atoms with Crippen LogP contribution < -0.4 is 10.0 Å². The van der Waals surface area contributed by atoms with Crippen molar-refractivity contribution in [2.24, 2.45) is 0 Å². The Labute approximate surface area is 132 Å². The molecule has 1 aromatic carbocycles. The van der Waals surface area contributed by atoms with Crippen LogP contribution in [0.2, 0.25) is 0 Å². The van der Waals surface area contributed by atoms with Gasteiger partial charge in [0, 0.05) is 16.3 Å². The SMILES string of the molecule is Cc1cc2c(Nc3ccc(NS(C)(=O)=O)cc3)ncnc2s1. The monoisotopic (exact) mass is 334 g/mol. The summed E-state index contributed by atoms with van der Waals surface area (Å²) in [4.78, 5) is 10.6. The number of rotatable bonds is 4. The quantitative estimate of drug-likeness (QED) is 0.766. The van der Waals surface area contributed by atoms with Gasteiger partial charge in [-0.3, -0.25) is 4.72 Å². The van der Waals surface area contributed by atoms with Crippen molar-refractivity contribution in [1.82, 2.24) is 9.97 Å². The van der Waals surface area contributed by atoms with E-state index in [0.29, 0.717) is 5.69 Å². The molecular weight excluding hydrogens is 320 g/mol. The summed E-state index contributed by atoms with van der Waals surface area (Å²) >= 11 is 1.62. The van der Waals surface area contributed by atoms with Gasteiger partial charge in [0.25, 0.3) is 0 Å². The molecule has 3 rings (SSSR count). The van der Waals surface area contributed by atoms with Gasteiger partial charge in [-0.25, -0.2) is 18.4 Å². The van der Waals surface area contributed by atoms with Gasteiger partial charge < -0.3 is 5.32 Å². The lowest BCUT2D eigenvalue weighted by Gasteiger charge is -2.08. The second kappa shape index (κ2) is 5.54. The van der Waals surface area contributed by atoms with E-state index in [1.807, 2.05) is 13.0 Å². The molecular formula is C14H14N4O2S2. The summed E-state index contributed by atoms with van der Waals surface area (Å²) in [6.07, 6.45) is 2.65. The van der Waals surface area contributed by atoms with E-state index in [2.05, 4.69) is 20.0 Å². The Balaban J connectivity index is 1.86. The number of aryl methyl sites for hydroxylation is 1. The molecule has 22 heavy (non-hydrogen) atoms.